The summed E-state index contributed by atoms with van der Waals surface area (Å²) >= 11 is 0. The SMILES string of the molecule is CC(=O)N(CCNC(=O)c1ccc(F)c(F)c1F)c1cc(C)ccc1C. The molecule has 0 aliphatic heterocycles. The number of amides is 2. The van der Waals surface area contributed by atoms with Crippen molar-refractivity contribution in [3.05, 3.63) is 64.5 Å². The summed E-state index contributed by atoms with van der Waals surface area (Å²) in [6.45, 7) is 5.33. The highest BCUT2D eigenvalue weighted by molar-refractivity contribution is 5.95. The smallest absolute Gasteiger partial charge is 0.254 e. The molecular weight excluding hydrogens is 345 g/mol. The number of carbonyl (C=O) groups is 2. The maximum Gasteiger partial charge on any atom is 0.254 e. The second-order valence-corrected chi connectivity index (χ2v) is 5.94. The Morgan fingerprint density at radius 2 is 1.73 bits per heavy atom. The molecule has 0 aliphatic carbocycles. The first-order valence-corrected chi connectivity index (χ1v) is 7.99. The zero-order chi connectivity index (χ0) is 19.4. The summed E-state index contributed by atoms with van der Waals surface area (Å²) in [5.41, 5.74) is 1.99. The van der Waals surface area contributed by atoms with Gasteiger partial charge in [0.2, 0.25) is 5.91 Å². The quantitative estimate of drug-likeness (QED) is 0.826. The number of halogens is 3. The van der Waals surface area contributed by atoms with Gasteiger partial charge in [-0.3, -0.25) is 9.59 Å². The Morgan fingerprint density at radius 3 is 2.38 bits per heavy atom. The Hall–Kier alpha value is -2.83. The van der Waals surface area contributed by atoms with E-state index < -0.39 is 28.9 Å². The Labute approximate surface area is 149 Å². The molecule has 0 aliphatic rings. The molecule has 0 saturated carbocycles. The largest absolute Gasteiger partial charge is 0.350 e. The Morgan fingerprint density at radius 1 is 1.04 bits per heavy atom. The number of rotatable bonds is 5. The van der Waals surface area contributed by atoms with Crippen LogP contribution in [0, 0.1) is 31.3 Å². The molecule has 0 aromatic heterocycles. The van der Waals surface area contributed by atoms with E-state index in [0.717, 1.165) is 17.2 Å². The standard InChI is InChI=1S/C19H19F3N2O2/c1-11-4-5-12(2)16(10-11)24(13(3)25)9-8-23-19(26)14-6-7-15(20)18(22)17(14)21/h4-7,10H,8-9H2,1-3H3,(H,23,26). The van der Waals surface area contributed by atoms with Crippen LogP contribution in [-0.2, 0) is 4.79 Å². The van der Waals surface area contributed by atoms with E-state index in [-0.39, 0.29) is 19.0 Å². The molecule has 1 N–H and O–H groups in total. The molecule has 0 fully saturated rings. The fourth-order valence-corrected chi connectivity index (χ4v) is 2.54. The average Bonchev–Trinajstić information content (AvgIpc) is 2.58. The molecule has 2 aromatic carbocycles. The molecule has 26 heavy (non-hydrogen) atoms. The van der Waals surface area contributed by atoms with E-state index >= 15 is 0 Å². The molecule has 0 unspecified atom stereocenters. The Balaban J connectivity index is 2.09. The number of hydrogen-bond donors (Lipinski definition) is 1. The maximum absolute atomic E-state index is 13.6. The van der Waals surface area contributed by atoms with Crippen LogP contribution in [0.1, 0.15) is 28.4 Å². The van der Waals surface area contributed by atoms with E-state index in [1.807, 2.05) is 32.0 Å². The Bertz CT molecular complexity index is 853. The fourth-order valence-electron chi connectivity index (χ4n) is 2.54. The number of aryl methyl sites for hydroxylation is 2. The molecule has 0 atom stereocenters. The molecule has 0 radical (unpaired) electrons. The maximum atomic E-state index is 13.6. The third-order valence-corrected chi connectivity index (χ3v) is 3.94. The lowest BCUT2D eigenvalue weighted by Crippen LogP contribution is -2.38. The van der Waals surface area contributed by atoms with Crippen molar-refractivity contribution in [1.29, 1.82) is 0 Å². The highest BCUT2D eigenvalue weighted by Gasteiger charge is 2.19. The van der Waals surface area contributed by atoms with E-state index in [9.17, 15) is 22.8 Å². The van der Waals surface area contributed by atoms with Crippen molar-refractivity contribution in [2.75, 3.05) is 18.0 Å². The number of anilines is 1. The van der Waals surface area contributed by atoms with Crippen LogP contribution in [-0.4, -0.2) is 24.9 Å². The van der Waals surface area contributed by atoms with Crippen molar-refractivity contribution < 1.29 is 22.8 Å². The third-order valence-electron chi connectivity index (χ3n) is 3.94. The minimum Gasteiger partial charge on any atom is -0.350 e. The summed E-state index contributed by atoms with van der Waals surface area (Å²) in [5.74, 6) is -5.70. The van der Waals surface area contributed by atoms with Crippen LogP contribution in [0.25, 0.3) is 0 Å². The van der Waals surface area contributed by atoms with Crippen LogP contribution >= 0.6 is 0 Å². The summed E-state index contributed by atoms with van der Waals surface area (Å²) in [6.07, 6.45) is 0. The number of hydrogen-bond acceptors (Lipinski definition) is 2. The normalized spacial score (nSPS) is 10.5. The van der Waals surface area contributed by atoms with Crippen molar-refractivity contribution in [2.45, 2.75) is 20.8 Å². The minimum atomic E-state index is -1.70. The third kappa shape index (κ3) is 4.22. The first-order chi connectivity index (χ1) is 12.2. The van der Waals surface area contributed by atoms with Crippen molar-refractivity contribution >= 4 is 17.5 Å². The minimum absolute atomic E-state index is 0.0181. The van der Waals surface area contributed by atoms with Crippen molar-refractivity contribution in [1.82, 2.24) is 5.32 Å². The van der Waals surface area contributed by atoms with E-state index in [1.54, 1.807) is 0 Å². The van der Waals surface area contributed by atoms with Gasteiger partial charge < -0.3 is 10.2 Å². The van der Waals surface area contributed by atoms with Crippen LogP contribution in [0.3, 0.4) is 0 Å². The monoisotopic (exact) mass is 364 g/mol. The van der Waals surface area contributed by atoms with Crippen LogP contribution < -0.4 is 10.2 Å². The summed E-state index contributed by atoms with van der Waals surface area (Å²) in [7, 11) is 0. The van der Waals surface area contributed by atoms with Gasteiger partial charge in [0, 0.05) is 25.7 Å². The first kappa shape index (κ1) is 19.5. The van der Waals surface area contributed by atoms with Crippen molar-refractivity contribution in [3.63, 3.8) is 0 Å². The van der Waals surface area contributed by atoms with E-state index in [0.29, 0.717) is 11.8 Å². The van der Waals surface area contributed by atoms with Gasteiger partial charge in [0.15, 0.2) is 17.5 Å². The topological polar surface area (TPSA) is 49.4 Å². The molecule has 7 heteroatoms. The molecule has 2 amide bonds. The molecule has 2 aromatic rings. The average molecular weight is 364 g/mol. The molecule has 4 nitrogen and oxygen atoms in total. The first-order valence-electron chi connectivity index (χ1n) is 7.99. The summed E-state index contributed by atoms with van der Waals surface area (Å²) in [4.78, 5) is 25.4. The van der Waals surface area contributed by atoms with E-state index in [4.69, 9.17) is 0 Å². The van der Waals surface area contributed by atoms with Gasteiger partial charge >= 0.3 is 0 Å². The van der Waals surface area contributed by atoms with Crippen LogP contribution in [0.5, 0.6) is 0 Å². The molecule has 0 spiro atoms. The second kappa shape index (κ2) is 8.03. The second-order valence-electron chi connectivity index (χ2n) is 5.94. The highest BCUT2D eigenvalue weighted by Crippen LogP contribution is 2.21. The fraction of sp³-hybridized carbons (Fsp3) is 0.263. The van der Waals surface area contributed by atoms with Crippen LogP contribution in [0.15, 0.2) is 30.3 Å². The number of benzene rings is 2. The van der Waals surface area contributed by atoms with Crippen molar-refractivity contribution in [2.24, 2.45) is 0 Å². The summed E-state index contributed by atoms with van der Waals surface area (Å²) in [6, 6.07) is 7.22. The predicted molar refractivity (Wildman–Crippen MR) is 92.6 cm³/mol. The van der Waals surface area contributed by atoms with Crippen LogP contribution in [0.2, 0.25) is 0 Å². The lowest BCUT2D eigenvalue weighted by molar-refractivity contribution is -0.116. The van der Waals surface area contributed by atoms with Gasteiger partial charge in [0.05, 0.1) is 5.56 Å². The van der Waals surface area contributed by atoms with Gasteiger partial charge in [0.25, 0.3) is 5.91 Å². The number of nitrogens with zero attached hydrogens (tertiary/aromatic N) is 1. The van der Waals surface area contributed by atoms with Gasteiger partial charge in [-0.15, -0.1) is 0 Å². The van der Waals surface area contributed by atoms with Gasteiger partial charge in [-0.25, -0.2) is 13.2 Å². The molecule has 0 saturated heterocycles. The molecule has 0 heterocycles. The lowest BCUT2D eigenvalue weighted by Gasteiger charge is -2.23. The zero-order valence-electron chi connectivity index (χ0n) is 14.7. The van der Waals surface area contributed by atoms with Gasteiger partial charge in [0.1, 0.15) is 0 Å². The zero-order valence-corrected chi connectivity index (χ0v) is 14.7. The van der Waals surface area contributed by atoms with Crippen molar-refractivity contribution in [3.8, 4) is 0 Å². The lowest BCUT2D eigenvalue weighted by atomic mass is 10.1. The van der Waals surface area contributed by atoms with Gasteiger partial charge in [-0.05, 0) is 43.2 Å². The predicted octanol–water partition coefficient (Wildman–Crippen LogP) is 3.50. The number of carbonyl (C=O) groups excluding carboxylic acids is 2. The molecule has 138 valence electrons. The van der Waals surface area contributed by atoms with E-state index in [1.165, 1.54) is 11.8 Å². The summed E-state index contributed by atoms with van der Waals surface area (Å²) in [5, 5.41) is 2.41. The Kier molecular flexibility index (Phi) is 6.02. The van der Waals surface area contributed by atoms with Gasteiger partial charge in [-0.1, -0.05) is 12.1 Å². The van der Waals surface area contributed by atoms with E-state index in [2.05, 4.69) is 5.32 Å². The van der Waals surface area contributed by atoms with Gasteiger partial charge in [-0.2, -0.15) is 0 Å². The number of nitrogens with one attached hydrogen (secondary N) is 1. The molecular formula is C19H19F3N2O2. The summed E-state index contributed by atoms with van der Waals surface area (Å²) < 4.78 is 39.8. The molecule has 0 bridgehead atoms. The highest BCUT2D eigenvalue weighted by atomic mass is 19.2. The van der Waals surface area contributed by atoms with Crippen LogP contribution in [0.4, 0.5) is 18.9 Å². The molecule has 2 rings (SSSR count).